The Bertz CT molecular complexity index is 1360. The molecule has 3 N–H and O–H groups in total. The number of rotatable bonds is 7. The van der Waals surface area contributed by atoms with Gasteiger partial charge in [0.2, 0.25) is 15.9 Å². The summed E-state index contributed by atoms with van der Waals surface area (Å²) in [5.74, 6) is -0.0833. The predicted molar refractivity (Wildman–Crippen MR) is 146 cm³/mol. The minimum atomic E-state index is -3.63. The number of piperidine rings is 1. The molecule has 2 heterocycles. The fraction of sp³-hybridized carbons (Fsp3) is 0.586. The summed E-state index contributed by atoms with van der Waals surface area (Å²) in [6.07, 6.45) is 11.3. The Labute approximate surface area is 225 Å². The number of aromatic nitrogens is 2. The SMILES string of the molecule is CC1(C)[C@@H]2CC[C@@]1(CS(=O)(=O)N1CCC3(C=Cc4ccccc43)CC1)[C@@](O)(CNC(=O)Cc1cnc[nH]1)C2. The average molecular weight is 539 g/mol. The standard InChI is InChI=1S/C29H38N4O4S/c1-26(2)22-8-10-28(26,29(35,16-22)18-31-25(34)15-23-17-30-20-32-23)19-38(36,37)33-13-11-27(12-14-33)9-7-21-5-3-4-6-24(21)27/h3-7,9,17,20,22,35H,8,10-16,18-19H2,1-2H3,(H,30,32)(H,31,34)/t22-,28+,29+/m1/s1. The molecular weight excluding hydrogens is 500 g/mol. The van der Waals surface area contributed by atoms with Crippen molar-refractivity contribution in [3.05, 3.63) is 59.7 Å². The van der Waals surface area contributed by atoms with Gasteiger partial charge in [-0.3, -0.25) is 4.79 Å². The second-order valence-electron chi connectivity index (χ2n) is 12.5. The lowest BCUT2D eigenvalue weighted by molar-refractivity contribution is -0.125. The van der Waals surface area contributed by atoms with Crippen molar-refractivity contribution in [2.24, 2.45) is 16.7 Å². The second-order valence-corrected chi connectivity index (χ2v) is 14.5. The zero-order valence-corrected chi connectivity index (χ0v) is 23.1. The summed E-state index contributed by atoms with van der Waals surface area (Å²) < 4.78 is 29.6. The Morgan fingerprint density at radius 1 is 1.21 bits per heavy atom. The first-order valence-corrected chi connectivity index (χ1v) is 15.3. The summed E-state index contributed by atoms with van der Waals surface area (Å²) in [6, 6.07) is 8.39. The molecule has 1 amide bonds. The Kier molecular flexibility index (Phi) is 5.94. The van der Waals surface area contributed by atoms with Gasteiger partial charge >= 0.3 is 0 Å². The van der Waals surface area contributed by atoms with Gasteiger partial charge in [-0.2, -0.15) is 0 Å². The number of nitrogens with one attached hydrogen (secondary N) is 2. The van der Waals surface area contributed by atoms with Crippen LogP contribution in [0.1, 0.15) is 62.8 Å². The molecule has 4 aliphatic rings. The highest BCUT2D eigenvalue weighted by Gasteiger charge is 2.72. The lowest BCUT2D eigenvalue weighted by Gasteiger charge is -2.49. The topological polar surface area (TPSA) is 115 Å². The molecule has 2 aromatic rings. The Morgan fingerprint density at radius 2 is 1.97 bits per heavy atom. The first kappa shape index (κ1) is 25.8. The van der Waals surface area contributed by atoms with Crippen molar-refractivity contribution in [3.8, 4) is 0 Å². The maximum atomic E-state index is 14.0. The molecule has 1 aliphatic heterocycles. The molecule has 0 radical (unpaired) electrons. The van der Waals surface area contributed by atoms with E-state index in [0.29, 0.717) is 31.6 Å². The van der Waals surface area contributed by atoms with Crippen LogP contribution in [0.4, 0.5) is 0 Å². The summed E-state index contributed by atoms with van der Waals surface area (Å²) in [6.45, 7) is 5.22. The van der Waals surface area contributed by atoms with Crippen LogP contribution in [-0.2, 0) is 26.7 Å². The van der Waals surface area contributed by atoms with Crippen molar-refractivity contribution in [1.29, 1.82) is 0 Å². The van der Waals surface area contributed by atoms with E-state index in [2.05, 4.69) is 59.5 Å². The van der Waals surface area contributed by atoms with Crippen LogP contribution in [0.25, 0.3) is 6.08 Å². The number of carbonyl (C=O) groups is 1. The molecule has 1 spiro atoms. The lowest BCUT2D eigenvalue weighted by Crippen LogP contribution is -2.60. The Balaban J connectivity index is 1.19. The highest BCUT2D eigenvalue weighted by molar-refractivity contribution is 7.89. The zero-order chi connectivity index (χ0) is 26.8. The van der Waals surface area contributed by atoms with Crippen LogP contribution in [-0.4, -0.2) is 64.7 Å². The van der Waals surface area contributed by atoms with E-state index in [1.54, 1.807) is 10.5 Å². The molecule has 3 fully saturated rings. The number of benzene rings is 1. The van der Waals surface area contributed by atoms with Crippen LogP contribution < -0.4 is 5.32 Å². The average Bonchev–Trinajstić information content (AvgIpc) is 3.61. The van der Waals surface area contributed by atoms with Crippen LogP contribution in [0.5, 0.6) is 0 Å². The van der Waals surface area contributed by atoms with Crippen LogP contribution in [0, 0.1) is 16.7 Å². The molecule has 1 saturated heterocycles. The van der Waals surface area contributed by atoms with Crippen molar-refractivity contribution < 1.29 is 18.3 Å². The van der Waals surface area contributed by atoms with Gasteiger partial charge in [0.25, 0.3) is 0 Å². The minimum Gasteiger partial charge on any atom is -0.387 e. The zero-order valence-electron chi connectivity index (χ0n) is 22.2. The Hall–Kier alpha value is -2.49. The van der Waals surface area contributed by atoms with Crippen molar-refractivity contribution in [2.75, 3.05) is 25.4 Å². The molecule has 0 unspecified atom stereocenters. The molecule has 8 nitrogen and oxygen atoms in total. The number of aliphatic hydroxyl groups is 1. The van der Waals surface area contributed by atoms with Crippen LogP contribution >= 0.6 is 0 Å². The first-order chi connectivity index (χ1) is 18.0. The van der Waals surface area contributed by atoms with Crippen molar-refractivity contribution >= 4 is 22.0 Å². The normalized spacial score (nSPS) is 31.1. The number of carbonyl (C=O) groups excluding carboxylic acids is 1. The van der Waals surface area contributed by atoms with Gasteiger partial charge in [-0.05, 0) is 54.6 Å². The molecule has 9 heteroatoms. The molecule has 204 valence electrons. The number of imidazole rings is 1. The fourth-order valence-corrected chi connectivity index (χ4v) is 10.5. The van der Waals surface area contributed by atoms with Crippen LogP contribution in [0.3, 0.4) is 0 Å². The molecular formula is C29H38N4O4S. The summed E-state index contributed by atoms with van der Waals surface area (Å²) in [5, 5.41) is 15.0. The van der Waals surface area contributed by atoms with Gasteiger partial charge in [-0.25, -0.2) is 17.7 Å². The van der Waals surface area contributed by atoms with E-state index in [1.807, 2.05) is 6.07 Å². The molecule has 2 saturated carbocycles. The van der Waals surface area contributed by atoms with Gasteiger partial charge in [0.15, 0.2) is 0 Å². The van der Waals surface area contributed by atoms with E-state index < -0.39 is 21.0 Å². The second kappa shape index (κ2) is 8.76. The fourth-order valence-electron chi connectivity index (χ4n) is 8.22. The number of allylic oxidation sites excluding steroid dienone is 1. The van der Waals surface area contributed by atoms with Gasteiger partial charge in [0.1, 0.15) is 0 Å². The number of amides is 1. The molecule has 38 heavy (non-hydrogen) atoms. The maximum absolute atomic E-state index is 14.0. The summed E-state index contributed by atoms with van der Waals surface area (Å²) in [7, 11) is -3.63. The Morgan fingerprint density at radius 3 is 2.68 bits per heavy atom. The van der Waals surface area contributed by atoms with Gasteiger partial charge in [-0.1, -0.05) is 50.3 Å². The van der Waals surface area contributed by atoms with Crippen molar-refractivity contribution in [1.82, 2.24) is 19.6 Å². The predicted octanol–water partition coefficient (Wildman–Crippen LogP) is 3.02. The third-order valence-corrected chi connectivity index (χ3v) is 12.7. The van der Waals surface area contributed by atoms with Crippen molar-refractivity contribution in [3.63, 3.8) is 0 Å². The number of hydrogen-bond acceptors (Lipinski definition) is 5. The number of sulfonamides is 1. The highest BCUT2D eigenvalue weighted by atomic mass is 32.2. The van der Waals surface area contributed by atoms with Crippen molar-refractivity contribution in [2.45, 2.75) is 63.4 Å². The molecule has 3 aliphatic carbocycles. The molecule has 3 atom stereocenters. The number of aromatic amines is 1. The maximum Gasteiger partial charge on any atom is 0.226 e. The van der Waals surface area contributed by atoms with E-state index in [4.69, 9.17) is 0 Å². The van der Waals surface area contributed by atoms with E-state index in [0.717, 1.165) is 19.3 Å². The van der Waals surface area contributed by atoms with E-state index >= 15 is 0 Å². The summed E-state index contributed by atoms with van der Waals surface area (Å²) >= 11 is 0. The van der Waals surface area contributed by atoms with Gasteiger partial charge < -0.3 is 15.4 Å². The van der Waals surface area contributed by atoms with E-state index in [-0.39, 0.29) is 41.4 Å². The number of hydrogen-bond donors (Lipinski definition) is 3. The minimum absolute atomic E-state index is 0.0557. The van der Waals surface area contributed by atoms with Gasteiger partial charge in [0.05, 0.1) is 24.1 Å². The number of fused-ring (bicyclic) bond motifs is 4. The third-order valence-electron chi connectivity index (χ3n) is 10.6. The quantitative estimate of drug-likeness (QED) is 0.501. The molecule has 6 rings (SSSR count). The van der Waals surface area contributed by atoms with E-state index in [1.165, 1.54) is 17.5 Å². The smallest absolute Gasteiger partial charge is 0.226 e. The first-order valence-electron chi connectivity index (χ1n) is 13.7. The molecule has 2 bridgehead atoms. The van der Waals surface area contributed by atoms with Crippen LogP contribution in [0.2, 0.25) is 0 Å². The molecule has 1 aromatic carbocycles. The number of nitrogens with zero attached hydrogens (tertiary/aromatic N) is 2. The van der Waals surface area contributed by atoms with Gasteiger partial charge in [0, 0.05) is 42.4 Å². The highest BCUT2D eigenvalue weighted by Crippen LogP contribution is 2.70. The van der Waals surface area contributed by atoms with Gasteiger partial charge in [-0.15, -0.1) is 0 Å². The summed E-state index contributed by atoms with van der Waals surface area (Å²) in [4.78, 5) is 19.5. The summed E-state index contributed by atoms with van der Waals surface area (Å²) in [5.41, 5.74) is 0.680. The van der Waals surface area contributed by atoms with Crippen LogP contribution in [0.15, 0.2) is 42.9 Å². The lowest BCUT2D eigenvalue weighted by atomic mass is 9.64. The number of H-pyrrole nitrogens is 1. The van der Waals surface area contributed by atoms with E-state index in [9.17, 15) is 18.3 Å². The largest absolute Gasteiger partial charge is 0.387 e. The monoisotopic (exact) mass is 538 g/mol. The third kappa shape index (κ3) is 3.80. The molecule has 1 aromatic heterocycles.